The molecule has 0 amide bonds. The molecule has 1 atom stereocenters. The Hall–Kier alpha value is -3.39. The third-order valence-corrected chi connectivity index (χ3v) is 6.43. The normalized spacial score (nSPS) is 15.5. The molecule has 0 bridgehead atoms. The largest absolute Gasteiger partial charge is 0.321 e. The molecule has 0 unspecified atom stereocenters. The quantitative estimate of drug-likeness (QED) is 0.522. The molecule has 0 aliphatic carbocycles. The number of halogens is 1. The molecule has 4 aromatic rings. The fraction of sp³-hybridized carbons (Fsp3) is 0.333. The lowest BCUT2D eigenvalue weighted by atomic mass is 10.0. The molecule has 5 rings (SSSR count). The molecule has 3 heterocycles. The number of pyridine rings is 1. The number of nitrogens with one attached hydrogen (secondary N) is 1. The number of likely N-dealkylation sites (tertiary alicyclic amines) is 1. The zero-order valence-corrected chi connectivity index (χ0v) is 18.2. The van der Waals surface area contributed by atoms with Crippen molar-refractivity contribution in [3.05, 3.63) is 86.7 Å². The van der Waals surface area contributed by atoms with E-state index in [1.54, 1.807) is 16.8 Å². The van der Waals surface area contributed by atoms with Crippen molar-refractivity contribution in [2.75, 3.05) is 13.1 Å². The van der Waals surface area contributed by atoms with Gasteiger partial charge in [-0.05, 0) is 90.5 Å². The van der Waals surface area contributed by atoms with Crippen molar-refractivity contribution < 1.29 is 4.39 Å². The summed E-state index contributed by atoms with van der Waals surface area (Å²) in [5.41, 5.74) is 4.48. The Balaban J connectivity index is 1.62. The average Bonchev–Trinajstić information content (AvgIpc) is 3.47. The highest BCUT2D eigenvalue weighted by Gasteiger charge is 2.32. The summed E-state index contributed by atoms with van der Waals surface area (Å²) in [6.07, 6.45) is 2.14. The molecule has 0 radical (unpaired) electrons. The molecular formula is C24H25FN6O. The highest BCUT2D eigenvalue weighted by Crippen LogP contribution is 2.30. The van der Waals surface area contributed by atoms with Gasteiger partial charge in [0.15, 0.2) is 5.82 Å². The van der Waals surface area contributed by atoms with E-state index >= 15 is 0 Å². The van der Waals surface area contributed by atoms with Gasteiger partial charge in [0.05, 0.1) is 12.1 Å². The van der Waals surface area contributed by atoms with E-state index in [4.69, 9.17) is 0 Å². The zero-order chi connectivity index (χ0) is 22.2. The molecule has 8 heteroatoms. The first-order valence-corrected chi connectivity index (χ1v) is 10.9. The summed E-state index contributed by atoms with van der Waals surface area (Å²) in [6.45, 7) is 6.21. The molecule has 32 heavy (non-hydrogen) atoms. The molecule has 164 valence electrons. The van der Waals surface area contributed by atoms with E-state index in [1.807, 2.05) is 26.0 Å². The standard InChI is InChI=1S/C24H25FN6O/c1-15-5-8-18-13-20(24(32)26-21(18)16(15)2)22(30-11-3-4-12-30)23-27-28-29-31(23)14-17-6-9-19(25)10-7-17/h5-10,13,22H,3-4,11-12,14H2,1-2H3,(H,26,32)/t22-/m0/s1. The number of hydrogen-bond acceptors (Lipinski definition) is 5. The zero-order valence-electron chi connectivity index (χ0n) is 18.2. The van der Waals surface area contributed by atoms with E-state index in [1.165, 1.54) is 12.1 Å². The summed E-state index contributed by atoms with van der Waals surface area (Å²) < 4.78 is 15.0. The van der Waals surface area contributed by atoms with Gasteiger partial charge in [-0.25, -0.2) is 9.07 Å². The highest BCUT2D eigenvalue weighted by molar-refractivity contribution is 5.83. The van der Waals surface area contributed by atoms with Gasteiger partial charge in [0.1, 0.15) is 11.9 Å². The Kier molecular flexibility index (Phi) is 5.30. The Morgan fingerprint density at radius 3 is 2.59 bits per heavy atom. The number of benzene rings is 2. The summed E-state index contributed by atoms with van der Waals surface area (Å²) in [5.74, 6) is 0.332. The van der Waals surface area contributed by atoms with Crippen LogP contribution in [0, 0.1) is 19.7 Å². The molecule has 2 aromatic heterocycles. The minimum atomic E-state index is -0.359. The lowest BCUT2D eigenvalue weighted by molar-refractivity contribution is 0.263. The molecule has 1 saturated heterocycles. The lowest BCUT2D eigenvalue weighted by Crippen LogP contribution is -2.33. The minimum absolute atomic E-state index is 0.126. The molecule has 0 saturated carbocycles. The van der Waals surface area contributed by atoms with Crippen LogP contribution >= 0.6 is 0 Å². The van der Waals surface area contributed by atoms with Gasteiger partial charge in [-0.1, -0.05) is 24.3 Å². The Morgan fingerprint density at radius 2 is 1.84 bits per heavy atom. The first-order chi connectivity index (χ1) is 15.5. The van der Waals surface area contributed by atoms with Gasteiger partial charge in [0.2, 0.25) is 0 Å². The molecule has 1 N–H and O–H groups in total. The Bertz CT molecular complexity index is 1320. The molecule has 0 spiro atoms. The summed E-state index contributed by atoms with van der Waals surface area (Å²) in [6, 6.07) is 12.0. The van der Waals surface area contributed by atoms with Crippen molar-refractivity contribution in [1.82, 2.24) is 30.1 Å². The summed E-state index contributed by atoms with van der Waals surface area (Å²) in [7, 11) is 0. The van der Waals surface area contributed by atoms with E-state index in [9.17, 15) is 9.18 Å². The van der Waals surface area contributed by atoms with Gasteiger partial charge in [0.25, 0.3) is 5.56 Å². The molecule has 7 nitrogen and oxygen atoms in total. The second-order valence-electron chi connectivity index (χ2n) is 8.49. The van der Waals surface area contributed by atoms with Crippen LogP contribution in [0.1, 0.15) is 47.0 Å². The summed E-state index contributed by atoms with van der Waals surface area (Å²) >= 11 is 0. The SMILES string of the molecule is Cc1ccc2cc([C@@H](c3nnnn3Cc3ccc(F)cc3)N3CCCC3)c(=O)[nH]c2c1C. The molecular weight excluding hydrogens is 407 g/mol. The van der Waals surface area contributed by atoms with Gasteiger partial charge in [-0.2, -0.15) is 0 Å². The van der Waals surface area contributed by atoms with E-state index < -0.39 is 0 Å². The van der Waals surface area contributed by atoms with Crippen molar-refractivity contribution in [2.45, 2.75) is 39.3 Å². The van der Waals surface area contributed by atoms with Crippen LogP contribution < -0.4 is 5.56 Å². The lowest BCUT2D eigenvalue weighted by Gasteiger charge is -2.26. The number of aryl methyl sites for hydroxylation is 2. The van der Waals surface area contributed by atoms with Gasteiger partial charge in [-0.15, -0.1) is 5.10 Å². The smallest absolute Gasteiger partial charge is 0.253 e. The van der Waals surface area contributed by atoms with Gasteiger partial charge >= 0.3 is 0 Å². The van der Waals surface area contributed by atoms with E-state index in [2.05, 4.69) is 31.5 Å². The Morgan fingerprint density at radius 1 is 1.09 bits per heavy atom. The fourth-order valence-corrected chi connectivity index (χ4v) is 4.53. The van der Waals surface area contributed by atoms with Crippen LogP contribution in [0.25, 0.3) is 10.9 Å². The average molecular weight is 433 g/mol. The molecule has 1 aliphatic heterocycles. The summed E-state index contributed by atoms with van der Waals surface area (Å²) in [4.78, 5) is 18.7. The summed E-state index contributed by atoms with van der Waals surface area (Å²) in [5, 5.41) is 13.4. The molecule has 1 aliphatic rings. The monoisotopic (exact) mass is 432 g/mol. The molecule has 1 fully saturated rings. The maximum absolute atomic E-state index is 13.3. The predicted octanol–water partition coefficient (Wildman–Crippen LogP) is 3.50. The maximum Gasteiger partial charge on any atom is 0.253 e. The number of aromatic nitrogens is 5. The third kappa shape index (κ3) is 3.71. The van der Waals surface area contributed by atoms with Crippen LogP contribution in [-0.4, -0.2) is 43.2 Å². The Labute approximate surface area is 184 Å². The third-order valence-electron chi connectivity index (χ3n) is 6.43. The van der Waals surface area contributed by atoms with Crippen molar-refractivity contribution in [1.29, 1.82) is 0 Å². The minimum Gasteiger partial charge on any atom is -0.321 e. The number of rotatable bonds is 5. The van der Waals surface area contributed by atoms with Gasteiger partial charge in [0, 0.05) is 5.56 Å². The van der Waals surface area contributed by atoms with Crippen LogP contribution in [0.5, 0.6) is 0 Å². The number of hydrogen-bond donors (Lipinski definition) is 1. The first-order valence-electron chi connectivity index (χ1n) is 10.9. The van der Waals surface area contributed by atoms with Crippen LogP contribution in [0.3, 0.4) is 0 Å². The van der Waals surface area contributed by atoms with Gasteiger partial charge < -0.3 is 4.98 Å². The van der Waals surface area contributed by atoms with E-state index in [-0.39, 0.29) is 17.4 Å². The predicted molar refractivity (Wildman–Crippen MR) is 120 cm³/mol. The van der Waals surface area contributed by atoms with Crippen LogP contribution in [0.4, 0.5) is 4.39 Å². The number of aromatic amines is 1. The van der Waals surface area contributed by atoms with Crippen LogP contribution in [0.2, 0.25) is 0 Å². The molecule has 2 aromatic carbocycles. The first kappa shape index (κ1) is 20.5. The van der Waals surface area contributed by atoms with E-state index in [0.717, 1.165) is 53.5 Å². The van der Waals surface area contributed by atoms with Crippen molar-refractivity contribution >= 4 is 10.9 Å². The van der Waals surface area contributed by atoms with Crippen LogP contribution in [0.15, 0.2) is 47.3 Å². The fourth-order valence-electron chi connectivity index (χ4n) is 4.53. The number of H-pyrrole nitrogens is 1. The highest BCUT2D eigenvalue weighted by atomic mass is 19.1. The van der Waals surface area contributed by atoms with E-state index in [0.29, 0.717) is 17.9 Å². The number of fused-ring (bicyclic) bond motifs is 1. The second-order valence-corrected chi connectivity index (χ2v) is 8.49. The van der Waals surface area contributed by atoms with Crippen molar-refractivity contribution in [2.24, 2.45) is 0 Å². The topological polar surface area (TPSA) is 79.7 Å². The number of nitrogens with zero attached hydrogens (tertiary/aromatic N) is 5. The van der Waals surface area contributed by atoms with Gasteiger partial charge in [-0.3, -0.25) is 9.69 Å². The van der Waals surface area contributed by atoms with Crippen LogP contribution in [-0.2, 0) is 6.54 Å². The maximum atomic E-state index is 13.3. The second kappa shape index (κ2) is 8.27. The number of tetrazole rings is 1. The van der Waals surface area contributed by atoms with Crippen molar-refractivity contribution in [3.63, 3.8) is 0 Å². The van der Waals surface area contributed by atoms with Crippen molar-refractivity contribution in [3.8, 4) is 0 Å².